The fraction of sp³-hybridized carbons (Fsp3) is 0.684. The van der Waals surface area contributed by atoms with E-state index < -0.39 is 0 Å². The Morgan fingerprint density at radius 1 is 0.842 bits per heavy atom. The SMILES string of the molecule is CCCCCCCCC(C)CC(C)c1ccccc1. The summed E-state index contributed by atoms with van der Waals surface area (Å²) < 4.78 is 0. The Labute approximate surface area is 120 Å². The van der Waals surface area contributed by atoms with Crippen molar-refractivity contribution in [3.63, 3.8) is 0 Å². The van der Waals surface area contributed by atoms with Gasteiger partial charge in [-0.3, -0.25) is 0 Å². The molecule has 2 atom stereocenters. The van der Waals surface area contributed by atoms with E-state index in [1.807, 2.05) is 0 Å². The maximum absolute atomic E-state index is 2.42. The summed E-state index contributed by atoms with van der Waals surface area (Å²) in [6.45, 7) is 7.08. The van der Waals surface area contributed by atoms with Crippen LogP contribution in [0.4, 0.5) is 0 Å². The lowest BCUT2D eigenvalue weighted by Crippen LogP contribution is -2.02. The number of benzene rings is 1. The van der Waals surface area contributed by atoms with Crippen molar-refractivity contribution in [2.75, 3.05) is 0 Å². The Kier molecular flexibility index (Phi) is 8.62. The highest BCUT2D eigenvalue weighted by Gasteiger charge is 2.10. The quantitative estimate of drug-likeness (QED) is 0.417. The van der Waals surface area contributed by atoms with Crippen molar-refractivity contribution in [1.82, 2.24) is 0 Å². The molecular weight excluding hydrogens is 228 g/mol. The third kappa shape index (κ3) is 7.40. The van der Waals surface area contributed by atoms with Gasteiger partial charge >= 0.3 is 0 Å². The Hall–Kier alpha value is -0.780. The van der Waals surface area contributed by atoms with Crippen LogP contribution in [0.15, 0.2) is 30.3 Å². The first-order valence-corrected chi connectivity index (χ1v) is 8.29. The summed E-state index contributed by atoms with van der Waals surface area (Å²) in [4.78, 5) is 0. The maximum Gasteiger partial charge on any atom is -0.0188 e. The molecule has 19 heavy (non-hydrogen) atoms. The van der Waals surface area contributed by atoms with Crippen LogP contribution >= 0.6 is 0 Å². The second-order valence-corrected chi connectivity index (χ2v) is 6.21. The van der Waals surface area contributed by atoms with Crippen molar-refractivity contribution in [3.05, 3.63) is 35.9 Å². The summed E-state index contributed by atoms with van der Waals surface area (Å²) in [7, 11) is 0. The summed E-state index contributed by atoms with van der Waals surface area (Å²) in [5.41, 5.74) is 1.50. The van der Waals surface area contributed by atoms with Gasteiger partial charge in [0.15, 0.2) is 0 Å². The molecule has 0 heterocycles. The largest absolute Gasteiger partial charge is 0.0654 e. The van der Waals surface area contributed by atoms with E-state index in [2.05, 4.69) is 51.1 Å². The van der Waals surface area contributed by atoms with Gasteiger partial charge in [0.2, 0.25) is 0 Å². The monoisotopic (exact) mass is 260 g/mol. The molecule has 0 radical (unpaired) electrons. The van der Waals surface area contributed by atoms with Gasteiger partial charge in [-0.25, -0.2) is 0 Å². The first kappa shape index (κ1) is 16.3. The second kappa shape index (κ2) is 10.1. The Balaban J connectivity index is 2.12. The molecule has 0 aliphatic heterocycles. The molecule has 0 fully saturated rings. The molecule has 2 unspecified atom stereocenters. The zero-order valence-corrected chi connectivity index (χ0v) is 13.2. The number of hydrogen-bond acceptors (Lipinski definition) is 0. The third-order valence-corrected chi connectivity index (χ3v) is 4.18. The van der Waals surface area contributed by atoms with Gasteiger partial charge in [-0.05, 0) is 23.8 Å². The molecule has 1 aromatic rings. The van der Waals surface area contributed by atoms with Gasteiger partial charge in [0.05, 0.1) is 0 Å². The minimum absolute atomic E-state index is 0.705. The number of rotatable bonds is 10. The first-order valence-electron chi connectivity index (χ1n) is 8.29. The van der Waals surface area contributed by atoms with Crippen molar-refractivity contribution in [3.8, 4) is 0 Å². The van der Waals surface area contributed by atoms with E-state index in [0.717, 1.165) is 5.92 Å². The topological polar surface area (TPSA) is 0 Å². The van der Waals surface area contributed by atoms with Crippen LogP contribution in [0.1, 0.15) is 83.6 Å². The van der Waals surface area contributed by atoms with Crippen LogP contribution in [-0.2, 0) is 0 Å². The summed E-state index contributed by atoms with van der Waals surface area (Å²) in [5, 5.41) is 0. The highest BCUT2D eigenvalue weighted by molar-refractivity contribution is 5.18. The van der Waals surface area contributed by atoms with Crippen LogP contribution in [-0.4, -0.2) is 0 Å². The van der Waals surface area contributed by atoms with E-state index in [1.54, 1.807) is 0 Å². The Morgan fingerprint density at radius 3 is 2.16 bits per heavy atom. The van der Waals surface area contributed by atoms with Crippen molar-refractivity contribution >= 4 is 0 Å². The van der Waals surface area contributed by atoms with E-state index >= 15 is 0 Å². The van der Waals surface area contributed by atoms with Crippen LogP contribution < -0.4 is 0 Å². The molecular formula is C19H32. The predicted molar refractivity (Wildman–Crippen MR) is 86.6 cm³/mol. The number of hydrogen-bond donors (Lipinski definition) is 0. The Morgan fingerprint density at radius 2 is 1.47 bits per heavy atom. The molecule has 0 amide bonds. The van der Waals surface area contributed by atoms with Crippen molar-refractivity contribution < 1.29 is 0 Å². The zero-order valence-electron chi connectivity index (χ0n) is 13.2. The molecule has 0 saturated heterocycles. The fourth-order valence-electron chi connectivity index (χ4n) is 2.91. The minimum atomic E-state index is 0.705. The maximum atomic E-state index is 2.42. The Bertz CT molecular complexity index is 301. The van der Waals surface area contributed by atoms with Gasteiger partial charge in [0.25, 0.3) is 0 Å². The third-order valence-electron chi connectivity index (χ3n) is 4.18. The van der Waals surface area contributed by atoms with Crippen molar-refractivity contribution in [2.24, 2.45) is 5.92 Å². The molecule has 1 aromatic carbocycles. The standard InChI is InChI=1S/C19H32/c1-4-5-6-7-8-10-13-17(2)16-18(3)19-14-11-9-12-15-19/h9,11-12,14-15,17-18H,4-8,10,13,16H2,1-3H3. The molecule has 108 valence electrons. The molecule has 0 N–H and O–H groups in total. The highest BCUT2D eigenvalue weighted by atomic mass is 14.2. The van der Waals surface area contributed by atoms with E-state index in [9.17, 15) is 0 Å². The van der Waals surface area contributed by atoms with E-state index in [0.29, 0.717) is 5.92 Å². The molecule has 0 heteroatoms. The molecule has 0 nitrogen and oxygen atoms in total. The second-order valence-electron chi connectivity index (χ2n) is 6.21. The van der Waals surface area contributed by atoms with Crippen LogP contribution in [0.25, 0.3) is 0 Å². The lowest BCUT2D eigenvalue weighted by Gasteiger charge is -2.17. The summed E-state index contributed by atoms with van der Waals surface area (Å²) in [6, 6.07) is 11.0. The van der Waals surface area contributed by atoms with Gasteiger partial charge < -0.3 is 0 Å². The smallest absolute Gasteiger partial charge is 0.0188 e. The lowest BCUT2D eigenvalue weighted by molar-refractivity contribution is 0.428. The van der Waals surface area contributed by atoms with E-state index in [4.69, 9.17) is 0 Å². The average Bonchev–Trinajstić information content (AvgIpc) is 2.43. The molecule has 0 aliphatic rings. The summed E-state index contributed by atoms with van der Waals surface area (Å²) in [5.74, 6) is 1.57. The average molecular weight is 260 g/mol. The number of unbranched alkanes of at least 4 members (excludes halogenated alkanes) is 5. The predicted octanol–water partition coefficient (Wildman–Crippen LogP) is 6.57. The van der Waals surface area contributed by atoms with Crippen LogP contribution in [0.5, 0.6) is 0 Å². The normalized spacial score (nSPS) is 14.3. The van der Waals surface area contributed by atoms with Gasteiger partial charge in [-0.15, -0.1) is 0 Å². The fourth-order valence-corrected chi connectivity index (χ4v) is 2.91. The van der Waals surface area contributed by atoms with E-state index in [-0.39, 0.29) is 0 Å². The molecule has 0 saturated carbocycles. The van der Waals surface area contributed by atoms with Gasteiger partial charge in [-0.1, -0.05) is 96.0 Å². The molecule has 1 rings (SSSR count). The van der Waals surface area contributed by atoms with Crippen LogP contribution in [0.2, 0.25) is 0 Å². The molecule has 0 bridgehead atoms. The highest BCUT2D eigenvalue weighted by Crippen LogP contribution is 2.26. The van der Waals surface area contributed by atoms with E-state index in [1.165, 1.54) is 56.9 Å². The van der Waals surface area contributed by atoms with Gasteiger partial charge in [-0.2, -0.15) is 0 Å². The van der Waals surface area contributed by atoms with Crippen molar-refractivity contribution in [1.29, 1.82) is 0 Å². The van der Waals surface area contributed by atoms with Gasteiger partial charge in [0.1, 0.15) is 0 Å². The minimum Gasteiger partial charge on any atom is -0.0654 e. The molecule has 0 aliphatic carbocycles. The first-order chi connectivity index (χ1) is 9.24. The molecule has 0 spiro atoms. The van der Waals surface area contributed by atoms with Crippen LogP contribution in [0, 0.1) is 5.92 Å². The van der Waals surface area contributed by atoms with Crippen LogP contribution in [0.3, 0.4) is 0 Å². The molecule has 0 aromatic heterocycles. The van der Waals surface area contributed by atoms with Gasteiger partial charge in [0, 0.05) is 0 Å². The zero-order chi connectivity index (χ0) is 13.9. The summed E-state index contributed by atoms with van der Waals surface area (Å²) in [6.07, 6.45) is 11.2. The van der Waals surface area contributed by atoms with Crippen molar-refractivity contribution in [2.45, 2.75) is 78.1 Å². The lowest BCUT2D eigenvalue weighted by atomic mass is 9.88. The summed E-state index contributed by atoms with van der Waals surface area (Å²) >= 11 is 0.